The molecular formula is C22H25N9O4S. The third kappa shape index (κ3) is 4.34. The van der Waals surface area contributed by atoms with Gasteiger partial charge in [0.1, 0.15) is 21.0 Å². The van der Waals surface area contributed by atoms with Gasteiger partial charge in [0.05, 0.1) is 60.1 Å². The van der Waals surface area contributed by atoms with E-state index in [9.17, 15) is 13.2 Å². The lowest BCUT2D eigenvalue weighted by Crippen LogP contribution is -2.25. The van der Waals surface area contributed by atoms with Crippen molar-refractivity contribution >= 4 is 44.2 Å². The summed E-state index contributed by atoms with van der Waals surface area (Å²) < 4.78 is 32.1. The van der Waals surface area contributed by atoms with Gasteiger partial charge in [-0.25, -0.2) is 28.2 Å². The van der Waals surface area contributed by atoms with Crippen LogP contribution in [0.15, 0.2) is 31.1 Å². The van der Waals surface area contributed by atoms with E-state index in [0.29, 0.717) is 41.1 Å². The number of ether oxygens (including phenoxy) is 1. The van der Waals surface area contributed by atoms with Crippen LogP contribution < -0.4 is 10.6 Å². The minimum absolute atomic E-state index is 0.0168. The topological polar surface area (TPSA) is 159 Å². The van der Waals surface area contributed by atoms with Crippen LogP contribution in [-0.4, -0.2) is 74.3 Å². The number of carbonyl (C=O) groups is 1. The van der Waals surface area contributed by atoms with E-state index in [1.54, 1.807) is 42.8 Å². The molecule has 0 spiro atoms. The predicted molar refractivity (Wildman–Crippen MR) is 133 cm³/mol. The van der Waals surface area contributed by atoms with Crippen molar-refractivity contribution in [2.45, 2.75) is 18.9 Å². The van der Waals surface area contributed by atoms with Crippen LogP contribution in [0.4, 0.5) is 17.3 Å². The molecule has 0 atom stereocenters. The first-order valence-corrected chi connectivity index (χ1v) is 13.1. The number of esters is 1. The molecule has 0 unspecified atom stereocenters. The quantitative estimate of drug-likeness (QED) is 0.364. The Hall–Kier alpha value is -4.07. The standard InChI is InChI=1S/C22H25N9O4S/c1-23-20-18(15-9-24-10-16-17(15)25-12-30(16)2)28-19(22(32)35-3)21(29-20)27-13-8-26-31(11-13)14-4-6-36(33,34)7-5-14/h8-12,14H,4-7H2,1-3H3,(H2,23,27,29). The number of carbonyl (C=O) groups excluding carboxylic acids is 1. The Morgan fingerprint density at radius 2 is 1.92 bits per heavy atom. The molecule has 5 rings (SSSR count). The first-order valence-electron chi connectivity index (χ1n) is 11.2. The number of aryl methyl sites for hydroxylation is 1. The maximum atomic E-state index is 12.7. The van der Waals surface area contributed by atoms with E-state index in [2.05, 4.69) is 35.7 Å². The molecular weight excluding hydrogens is 486 g/mol. The van der Waals surface area contributed by atoms with Crippen LogP contribution in [0.2, 0.25) is 0 Å². The zero-order valence-electron chi connectivity index (χ0n) is 20.0. The maximum absolute atomic E-state index is 12.7. The summed E-state index contributed by atoms with van der Waals surface area (Å²) in [7, 11) is 1.87. The zero-order valence-corrected chi connectivity index (χ0v) is 20.8. The number of methoxy groups -OCH3 is 1. The molecule has 188 valence electrons. The molecule has 1 fully saturated rings. The van der Waals surface area contributed by atoms with Crippen LogP contribution in [0.5, 0.6) is 0 Å². The van der Waals surface area contributed by atoms with E-state index < -0.39 is 15.8 Å². The fourth-order valence-corrected chi connectivity index (χ4v) is 5.69. The molecule has 36 heavy (non-hydrogen) atoms. The molecule has 0 aliphatic carbocycles. The lowest BCUT2D eigenvalue weighted by molar-refractivity contribution is 0.0595. The molecule has 14 heteroatoms. The van der Waals surface area contributed by atoms with Crippen molar-refractivity contribution in [3.63, 3.8) is 0 Å². The Balaban J connectivity index is 1.52. The lowest BCUT2D eigenvalue weighted by Gasteiger charge is -2.22. The SMILES string of the molecule is CNc1nc(Nc2cnn(C3CCS(=O)(=O)CC3)c2)c(C(=O)OC)nc1-c1cncc2c1ncn2C. The molecule has 1 saturated heterocycles. The van der Waals surface area contributed by atoms with Crippen molar-refractivity contribution in [2.75, 3.05) is 36.3 Å². The van der Waals surface area contributed by atoms with Crippen molar-refractivity contribution in [1.82, 2.24) is 34.3 Å². The Labute approximate surface area is 206 Å². The number of imidazole rings is 1. The molecule has 0 aromatic carbocycles. The van der Waals surface area contributed by atoms with Crippen molar-refractivity contribution < 1.29 is 17.9 Å². The summed E-state index contributed by atoms with van der Waals surface area (Å²) in [5.74, 6) is 0.212. The number of nitrogens with zero attached hydrogens (tertiary/aromatic N) is 7. The van der Waals surface area contributed by atoms with Crippen LogP contribution in [-0.2, 0) is 21.6 Å². The number of sulfone groups is 1. The third-order valence-corrected chi connectivity index (χ3v) is 7.88. The fourth-order valence-electron chi connectivity index (χ4n) is 4.22. The molecule has 1 aliphatic heterocycles. The van der Waals surface area contributed by atoms with Gasteiger partial charge < -0.3 is 19.9 Å². The highest BCUT2D eigenvalue weighted by atomic mass is 32.2. The van der Waals surface area contributed by atoms with Crippen LogP contribution in [0.25, 0.3) is 22.3 Å². The smallest absolute Gasteiger partial charge is 0.360 e. The minimum atomic E-state index is -2.97. The van der Waals surface area contributed by atoms with Crippen molar-refractivity contribution in [1.29, 1.82) is 0 Å². The third-order valence-electron chi connectivity index (χ3n) is 6.17. The summed E-state index contributed by atoms with van der Waals surface area (Å²) in [5.41, 5.74) is 3.05. The molecule has 4 aromatic rings. The van der Waals surface area contributed by atoms with E-state index in [1.165, 1.54) is 7.11 Å². The predicted octanol–water partition coefficient (Wildman–Crippen LogP) is 1.94. The van der Waals surface area contributed by atoms with E-state index in [-0.39, 0.29) is 29.1 Å². The monoisotopic (exact) mass is 511 g/mol. The van der Waals surface area contributed by atoms with Crippen LogP contribution in [0.3, 0.4) is 0 Å². The van der Waals surface area contributed by atoms with Gasteiger partial charge in [-0.15, -0.1) is 0 Å². The van der Waals surface area contributed by atoms with Gasteiger partial charge in [0, 0.05) is 26.5 Å². The summed E-state index contributed by atoms with van der Waals surface area (Å²) in [6.45, 7) is 0. The van der Waals surface area contributed by atoms with Gasteiger partial charge in [0.15, 0.2) is 17.3 Å². The van der Waals surface area contributed by atoms with Gasteiger partial charge in [-0.1, -0.05) is 0 Å². The first kappa shape index (κ1) is 23.7. The van der Waals surface area contributed by atoms with E-state index in [1.807, 2.05) is 11.6 Å². The second-order valence-electron chi connectivity index (χ2n) is 8.49. The molecule has 2 N–H and O–H groups in total. The Morgan fingerprint density at radius 1 is 1.14 bits per heavy atom. The Kier molecular flexibility index (Phi) is 6.04. The minimum Gasteiger partial charge on any atom is -0.464 e. The lowest BCUT2D eigenvalue weighted by atomic mass is 10.1. The number of fused-ring (bicyclic) bond motifs is 1. The van der Waals surface area contributed by atoms with Gasteiger partial charge >= 0.3 is 5.97 Å². The van der Waals surface area contributed by atoms with Gasteiger partial charge in [0.2, 0.25) is 0 Å². The number of nitrogens with one attached hydrogen (secondary N) is 2. The highest BCUT2D eigenvalue weighted by molar-refractivity contribution is 7.91. The number of hydrogen-bond donors (Lipinski definition) is 2. The molecule has 13 nitrogen and oxygen atoms in total. The van der Waals surface area contributed by atoms with Gasteiger partial charge in [-0.3, -0.25) is 9.67 Å². The highest BCUT2D eigenvalue weighted by Gasteiger charge is 2.26. The number of pyridine rings is 1. The van der Waals surface area contributed by atoms with Crippen LogP contribution in [0.1, 0.15) is 29.4 Å². The van der Waals surface area contributed by atoms with Gasteiger partial charge in [-0.2, -0.15) is 5.10 Å². The average molecular weight is 512 g/mol. The van der Waals surface area contributed by atoms with Gasteiger partial charge in [-0.05, 0) is 12.8 Å². The van der Waals surface area contributed by atoms with E-state index >= 15 is 0 Å². The highest BCUT2D eigenvalue weighted by Crippen LogP contribution is 2.33. The average Bonchev–Trinajstić information content (AvgIpc) is 3.50. The summed E-state index contributed by atoms with van der Waals surface area (Å²) >= 11 is 0. The van der Waals surface area contributed by atoms with Gasteiger partial charge in [0.25, 0.3) is 0 Å². The maximum Gasteiger partial charge on any atom is 0.360 e. The summed E-state index contributed by atoms with van der Waals surface area (Å²) in [6, 6.07) is -0.0168. The summed E-state index contributed by atoms with van der Waals surface area (Å²) in [6.07, 6.45) is 9.37. The number of hydrogen-bond acceptors (Lipinski definition) is 11. The Bertz CT molecular complexity index is 1550. The first-order chi connectivity index (χ1) is 17.3. The van der Waals surface area contributed by atoms with E-state index in [0.717, 1.165) is 5.52 Å². The number of rotatable bonds is 6. The van der Waals surface area contributed by atoms with Crippen molar-refractivity contribution in [3.05, 3.63) is 36.8 Å². The summed E-state index contributed by atoms with van der Waals surface area (Å²) in [5, 5.41) is 10.5. The molecule has 4 aromatic heterocycles. The fraction of sp³-hybridized carbons (Fsp3) is 0.364. The largest absolute Gasteiger partial charge is 0.464 e. The zero-order chi connectivity index (χ0) is 25.4. The number of aromatic nitrogens is 7. The second kappa shape index (κ2) is 9.18. The summed E-state index contributed by atoms with van der Waals surface area (Å²) in [4.78, 5) is 30.7. The van der Waals surface area contributed by atoms with Crippen LogP contribution in [0, 0.1) is 0 Å². The molecule has 5 heterocycles. The van der Waals surface area contributed by atoms with E-state index in [4.69, 9.17) is 4.74 Å². The molecule has 0 saturated carbocycles. The van der Waals surface area contributed by atoms with Crippen LogP contribution >= 0.6 is 0 Å². The number of anilines is 3. The Morgan fingerprint density at radius 3 is 2.64 bits per heavy atom. The van der Waals surface area contributed by atoms with Crippen molar-refractivity contribution in [3.8, 4) is 11.3 Å². The normalized spacial score (nSPS) is 15.6. The molecule has 0 bridgehead atoms. The molecule has 0 radical (unpaired) electrons. The molecule has 1 aliphatic rings. The second-order valence-corrected chi connectivity index (χ2v) is 10.8. The molecule has 0 amide bonds. The van der Waals surface area contributed by atoms with Crippen molar-refractivity contribution in [2.24, 2.45) is 7.05 Å².